The minimum absolute atomic E-state index is 0.105. The molecule has 0 aliphatic rings. The van der Waals surface area contributed by atoms with Gasteiger partial charge in [-0.25, -0.2) is 4.39 Å². The second-order valence-electron chi connectivity index (χ2n) is 4.36. The zero-order valence-corrected chi connectivity index (χ0v) is 11.0. The van der Waals surface area contributed by atoms with Crippen LogP contribution in [0, 0.1) is 12.7 Å². The Morgan fingerprint density at radius 1 is 1.30 bits per heavy atom. The Labute approximate surface area is 116 Å². The molecular formula is C15H15FN2O2. The van der Waals surface area contributed by atoms with Crippen LogP contribution in [0.25, 0.3) is 0 Å². The molecule has 2 aromatic carbocycles. The van der Waals surface area contributed by atoms with Crippen molar-refractivity contribution in [1.82, 2.24) is 0 Å². The number of nitrogens with two attached hydrogens (primary N) is 1. The van der Waals surface area contributed by atoms with Crippen LogP contribution in [0.4, 0.5) is 15.8 Å². The third-order valence-electron chi connectivity index (χ3n) is 2.65. The van der Waals surface area contributed by atoms with Gasteiger partial charge in [-0.05, 0) is 36.8 Å². The summed E-state index contributed by atoms with van der Waals surface area (Å²) < 4.78 is 18.6. The maximum absolute atomic E-state index is 13.4. The Kier molecular flexibility index (Phi) is 4.20. The molecule has 0 saturated heterocycles. The van der Waals surface area contributed by atoms with E-state index in [1.54, 1.807) is 6.07 Å². The zero-order valence-electron chi connectivity index (χ0n) is 11.0. The first-order valence-corrected chi connectivity index (χ1v) is 6.09. The highest BCUT2D eigenvalue weighted by Crippen LogP contribution is 2.24. The standard InChI is InChI=1S/C15H15FN2O2/c1-10-4-2-5-11(8-10)18-14(19)9-20-15-12(16)6-3-7-13(15)17/h2-8H,9,17H2,1H3,(H,18,19). The molecule has 0 heterocycles. The molecule has 0 bridgehead atoms. The van der Waals surface area contributed by atoms with Crippen molar-refractivity contribution in [2.45, 2.75) is 6.92 Å². The van der Waals surface area contributed by atoms with Crippen molar-refractivity contribution >= 4 is 17.3 Å². The van der Waals surface area contributed by atoms with Crippen LogP contribution in [0.5, 0.6) is 5.75 Å². The van der Waals surface area contributed by atoms with Gasteiger partial charge in [0, 0.05) is 5.69 Å². The van der Waals surface area contributed by atoms with Gasteiger partial charge in [0.1, 0.15) is 0 Å². The third kappa shape index (κ3) is 3.47. The summed E-state index contributed by atoms with van der Waals surface area (Å²) in [5.74, 6) is -1.07. The molecule has 0 radical (unpaired) electrons. The molecule has 0 aromatic heterocycles. The molecule has 0 aliphatic heterocycles. The summed E-state index contributed by atoms with van der Waals surface area (Å²) in [7, 11) is 0. The number of anilines is 2. The first-order valence-electron chi connectivity index (χ1n) is 6.09. The van der Waals surface area contributed by atoms with Gasteiger partial charge in [-0.2, -0.15) is 0 Å². The second-order valence-corrected chi connectivity index (χ2v) is 4.36. The van der Waals surface area contributed by atoms with Crippen LogP contribution in [0.2, 0.25) is 0 Å². The largest absolute Gasteiger partial charge is 0.479 e. The number of aryl methyl sites for hydroxylation is 1. The summed E-state index contributed by atoms with van der Waals surface area (Å²) in [5.41, 5.74) is 7.44. The maximum Gasteiger partial charge on any atom is 0.262 e. The summed E-state index contributed by atoms with van der Waals surface area (Å²) in [6, 6.07) is 11.6. The highest BCUT2D eigenvalue weighted by Gasteiger charge is 2.10. The van der Waals surface area contributed by atoms with Crippen LogP contribution in [0.3, 0.4) is 0 Å². The number of para-hydroxylation sites is 1. The van der Waals surface area contributed by atoms with Crippen molar-refractivity contribution in [3.63, 3.8) is 0 Å². The Balaban J connectivity index is 1.96. The summed E-state index contributed by atoms with van der Waals surface area (Å²) in [4.78, 5) is 11.7. The molecule has 0 saturated carbocycles. The Morgan fingerprint density at radius 2 is 2.05 bits per heavy atom. The lowest BCUT2D eigenvalue weighted by molar-refractivity contribution is -0.118. The molecule has 20 heavy (non-hydrogen) atoms. The van der Waals surface area contributed by atoms with E-state index in [4.69, 9.17) is 10.5 Å². The topological polar surface area (TPSA) is 64.3 Å². The van der Waals surface area contributed by atoms with Crippen molar-refractivity contribution in [2.24, 2.45) is 0 Å². The average molecular weight is 274 g/mol. The van der Waals surface area contributed by atoms with E-state index in [0.717, 1.165) is 5.56 Å². The van der Waals surface area contributed by atoms with E-state index in [0.29, 0.717) is 5.69 Å². The van der Waals surface area contributed by atoms with Crippen molar-refractivity contribution in [2.75, 3.05) is 17.7 Å². The van der Waals surface area contributed by atoms with Crippen LogP contribution >= 0.6 is 0 Å². The molecule has 4 nitrogen and oxygen atoms in total. The summed E-state index contributed by atoms with van der Waals surface area (Å²) in [6.07, 6.45) is 0. The minimum atomic E-state index is -0.589. The van der Waals surface area contributed by atoms with Gasteiger partial charge in [0.25, 0.3) is 5.91 Å². The van der Waals surface area contributed by atoms with E-state index in [-0.39, 0.29) is 24.0 Å². The molecule has 3 N–H and O–H groups in total. The number of ether oxygens (including phenoxy) is 1. The van der Waals surface area contributed by atoms with Gasteiger partial charge in [0.15, 0.2) is 18.2 Å². The number of carbonyl (C=O) groups excluding carboxylic acids is 1. The van der Waals surface area contributed by atoms with Gasteiger partial charge in [0.05, 0.1) is 5.69 Å². The Hall–Kier alpha value is -2.56. The van der Waals surface area contributed by atoms with Crippen LogP contribution in [-0.4, -0.2) is 12.5 Å². The number of amides is 1. The van der Waals surface area contributed by atoms with Crippen LogP contribution in [0.15, 0.2) is 42.5 Å². The Bertz CT molecular complexity index is 609. The molecule has 0 unspecified atom stereocenters. The number of hydrogen-bond donors (Lipinski definition) is 2. The highest BCUT2D eigenvalue weighted by molar-refractivity contribution is 5.92. The summed E-state index contributed by atoms with van der Waals surface area (Å²) in [5, 5.41) is 2.66. The molecule has 0 spiro atoms. The van der Waals surface area contributed by atoms with Crippen molar-refractivity contribution < 1.29 is 13.9 Å². The molecule has 0 atom stereocenters. The predicted molar refractivity (Wildman–Crippen MR) is 76.1 cm³/mol. The van der Waals surface area contributed by atoms with E-state index in [9.17, 15) is 9.18 Å². The molecular weight excluding hydrogens is 259 g/mol. The molecule has 1 amide bonds. The first kappa shape index (κ1) is 13.9. The summed E-state index contributed by atoms with van der Waals surface area (Å²) >= 11 is 0. The van der Waals surface area contributed by atoms with E-state index < -0.39 is 5.82 Å². The van der Waals surface area contributed by atoms with Crippen molar-refractivity contribution in [1.29, 1.82) is 0 Å². The number of carbonyl (C=O) groups is 1. The van der Waals surface area contributed by atoms with Gasteiger partial charge in [0.2, 0.25) is 0 Å². The van der Waals surface area contributed by atoms with Crippen LogP contribution in [0.1, 0.15) is 5.56 Å². The van der Waals surface area contributed by atoms with Gasteiger partial charge >= 0.3 is 0 Å². The van der Waals surface area contributed by atoms with E-state index in [1.807, 2.05) is 25.1 Å². The number of benzene rings is 2. The van der Waals surface area contributed by atoms with E-state index in [2.05, 4.69) is 5.32 Å². The second kappa shape index (κ2) is 6.06. The maximum atomic E-state index is 13.4. The van der Waals surface area contributed by atoms with Gasteiger partial charge in [-0.3, -0.25) is 4.79 Å². The fourth-order valence-corrected chi connectivity index (χ4v) is 1.74. The zero-order chi connectivity index (χ0) is 14.5. The lowest BCUT2D eigenvalue weighted by Crippen LogP contribution is -2.20. The lowest BCUT2D eigenvalue weighted by atomic mass is 10.2. The fraction of sp³-hybridized carbons (Fsp3) is 0.133. The molecule has 104 valence electrons. The fourth-order valence-electron chi connectivity index (χ4n) is 1.74. The monoisotopic (exact) mass is 274 g/mol. The summed E-state index contributed by atoms with van der Waals surface area (Å²) in [6.45, 7) is 1.62. The number of nitrogen functional groups attached to an aromatic ring is 1. The van der Waals surface area contributed by atoms with Gasteiger partial charge in [-0.1, -0.05) is 18.2 Å². The molecule has 5 heteroatoms. The first-order chi connectivity index (χ1) is 9.56. The quantitative estimate of drug-likeness (QED) is 0.842. The lowest BCUT2D eigenvalue weighted by Gasteiger charge is -2.10. The number of rotatable bonds is 4. The number of halogens is 1. The SMILES string of the molecule is Cc1cccc(NC(=O)COc2c(N)cccc2F)c1. The minimum Gasteiger partial charge on any atom is -0.479 e. The van der Waals surface area contributed by atoms with Crippen molar-refractivity contribution in [3.8, 4) is 5.75 Å². The molecule has 0 fully saturated rings. The van der Waals surface area contributed by atoms with Gasteiger partial charge < -0.3 is 15.8 Å². The highest BCUT2D eigenvalue weighted by atomic mass is 19.1. The van der Waals surface area contributed by atoms with Crippen LogP contribution < -0.4 is 15.8 Å². The van der Waals surface area contributed by atoms with Crippen molar-refractivity contribution in [3.05, 3.63) is 53.8 Å². The predicted octanol–water partition coefficient (Wildman–Crippen LogP) is 2.73. The smallest absolute Gasteiger partial charge is 0.262 e. The number of hydrogen-bond acceptors (Lipinski definition) is 3. The van der Waals surface area contributed by atoms with E-state index in [1.165, 1.54) is 18.2 Å². The van der Waals surface area contributed by atoms with E-state index >= 15 is 0 Å². The molecule has 0 aliphatic carbocycles. The Morgan fingerprint density at radius 3 is 2.75 bits per heavy atom. The third-order valence-corrected chi connectivity index (χ3v) is 2.65. The average Bonchev–Trinajstić information content (AvgIpc) is 2.38. The molecule has 2 aromatic rings. The van der Waals surface area contributed by atoms with Crippen LogP contribution in [-0.2, 0) is 4.79 Å². The van der Waals surface area contributed by atoms with Gasteiger partial charge in [-0.15, -0.1) is 0 Å². The molecule has 2 rings (SSSR count). The number of nitrogens with one attached hydrogen (secondary N) is 1. The normalized spacial score (nSPS) is 10.1.